The third-order valence-corrected chi connectivity index (χ3v) is 3.98. The molecule has 0 saturated heterocycles. The predicted octanol–water partition coefficient (Wildman–Crippen LogP) is 4.94. The van der Waals surface area contributed by atoms with Gasteiger partial charge in [0.15, 0.2) is 0 Å². The molecule has 0 nitrogen and oxygen atoms in total. The summed E-state index contributed by atoms with van der Waals surface area (Å²) < 4.78 is 1.40. The molecule has 0 unspecified atom stereocenters. The number of allylic oxidation sites excluding steroid dienone is 4. The van der Waals surface area contributed by atoms with Gasteiger partial charge in [-0.25, -0.2) is 0 Å². The van der Waals surface area contributed by atoms with Gasteiger partial charge in [-0.3, -0.25) is 0 Å². The molecule has 0 bridgehead atoms. The molecule has 0 spiro atoms. The van der Waals surface area contributed by atoms with Gasteiger partial charge in [0.1, 0.15) is 0 Å². The Morgan fingerprint density at radius 3 is 2.88 bits per heavy atom. The first-order valence-electron chi connectivity index (χ1n) is 5.70. The van der Waals surface area contributed by atoms with E-state index in [0.717, 1.165) is 0 Å². The molecule has 1 heteroatoms. The minimum absolute atomic E-state index is 1.17. The number of hydrogen-bond acceptors (Lipinski definition) is 1. The van der Waals surface area contributed by atoms with Gasteiger partial charge in [-0.1, -0.05) is 30.4 Å². The third kappa shape index (κ3) is 1.72. The van der Waals surface area contributed by atoms with Crippen LogP contribution < -0.4 is 0 Å². The number of hydrogen-bond donors (Lipinski definition) is 0. The predicted molar refractivity (Wildman–Crippen MR) is 72.9 cm³/mol. The number of aryl methyl sites for hydroxylation is 1. The van der Waals surface area contributed by atoms with Crippen LogP contribution in [0.4, 0.5) is 0 Å². The van der Waals surface area contributed by atoms with E-state index in [9.17, 15) is 0 Å². The molecule has 0 saturated carbocycles. The molecule has 2 aromatic rings. The molecule has 1 aromatic heterocycles. The molecule has 0 fully saturated rings. The summed E-state index contributed by atoms with van der Waals surface area (Å²) >= 11 is 1.88. The molecule has 0 radical (unpaired) electrons. The Morgan fingerprint density at radius 1 is 1.12 bits per heavy atom. The molecule has 1 aliphatic carbocycles. The molecule has 0 atom stereocenters. The second-order valence-electron chi connectivity index (χ2n) is 4.25. The smallest absolute Gasteiger partial charge is 0.0351 e. The van der Waals surface area contributed by atoms with Gasteiger partial charge in [-0.2, -0.15) is 0 Å². The van der Waals surface area contributed by atoms with Crippen molar-refractivity contribution in [3.8, 4) is 0 Å². The molecule has 3 rings (SSSR count). The van der Waals surface area contributed by atoms with Crippen LogP contribution in [0, 0.1) is 6.92 Å². The molecule has 1 aliphatic rings. The summed E-state index contributed by atoms with van der Waals surface area (Å²) in [7, 11) is 0. The first-order valence-corrected chi connectivity index (χ1v) is 6.52. The van der Waals surface area contributed by atoms with Gasteiger partial charge in [-0.15, -0.1) is 11.3 Å². The van der Waals surface area contributed by atoms with E-state index < -0.39 is 0 Å². The van der Waals surface area contributed by atoms with E-state index >= 15 is 0 Å². The molecule has 16 heavy (non-hydrogen) atoms. The summed E-state index contributed by atoms with van der Waals surface area (Å²) in [6.45, 7) is 2.17. The maximum atomic E-state index is 2.33. The lowest BCUT2D eigenvalue weighted by atomic mass is 9.99. The molecule has 0 aliphatic heterocycles. The van der Waals surface area contributed by atoms with E-state index in [1.165, 1.54) is 38.9 Å². The van der Waals surface area contributed by atoms with Crippen LogP contribution in [0.3, 0.4) is 0 Å². The van der Waals surface area contributed by atoms with Crippen LogP contribution in [-0.4, -0.2) is 0 Å². The zero-order valence-electron chi connectivity index (χ0n) is 9.36. The average molecular weight is 226 g/mol. The molecule has 0 N–H and O–H groups in total. The van der Waals surface area contributed by atoms with Crippen molar-refractivity contribution in [2.24, 2.45) is 0 Å². The van der Waals surface area contributed by atoms with Gasteiger partial charge >= 0.3 is 0 Å². The van der Waals surface area contributed by atoms with Gasteiger partial charge < -0.3 is 0 Å². The van der Waals surface area contributed by atoms with E-state index in [1.54, 1.807) is 0 Å². The maximum Gasteiger partial charge on any atom is 0.0351 e. The van der Waals surface area contributed by atoms with E-state index in [1.807, 2.05) is 11.3 Å². The normalized spacial score (nSPS) is 15.4. The fraction of sp³-hybridized carbons (Fsp3) is 0.200. The lowest BCUT2D eigenvalue weighted by Crippen LogP contribution is -1.84. The Hall–Kier alpha value is -1.34. The zero-order chi connectivity index (χ0) is 11.0. The Bertz CT molecular complexity index is 585. The van der Waals surface area contributed by atoms with Crippen LogP contribution in [0.15, 0.2) is 42.5 Å². The summed E-state index contributed by atoms with van der Waals surface area (Å²) in [5, 5.41) is 1.37. The molecular weight excluding hydrogens is 212 g/mol. The fourth-order valence-electron chi connectivity index (χ4n) is 2.17. The van der Waals surface area contributed by atoms with Crippen LogP contribution in [0.2, 0.25) is 0 Å². The van der Waals surface area contributed by atoms with Crippen LogP contribution in [0.1, 0.15) is 23.3 Å². The second kappa shape index (κ2) is 3.91. The van der Waals surface area contributed by atoms with E-state index in [0.29, 0.717) is 0 Å². The highest BCUT2D eigenvalue weighted by Crippen LogP contribution is 2.29. The average Bonchev–Trinajstić information content (AvgIpc) is 2.69. The number of thiophene rings is 1. The minimum atomic E-state index is 1.17. The Morgan fingerprint density at radius 2 is 2.06 bits per heavy atom. The lowest BCUT2D eigenvalue weighted by Gasteiger charge is -2.06. The number of rotatable bonds is 1. The largest absolute Gasteiger partial charge is 0.141 e. The van der Waals surface area contributed by atoms with Crippen LogP contribution >= 0.6 is 11.3 Å². The SMILES string of the molecule is Cc1cc2ccc(C3=CCCC=C3)cc2s1. The summed E-state index contributed by atoms with van der Waals surface area (Å²) in [5.74, 6) is 0. The lowest BCUT2D eigenvalue weighted by molar-refractivity contribution is 1.04. The highest BCUT2D eigenvalue weighted by Gasteiger charge is 2.04. The standard InChI is InChI=1S/C15H14S/c1-11-9-14-8-7-13(10-15(14)16-11)12-5-3-2-4-6-12/h3,5-10H,2,4H2,1H3. The van der Waals surface area contributed by atoms with E-state index in [2.05, 4.69) is 49.4 Å². The van der Waals surface area contributed by atoms with Crippen molar-refractivity contribution >= 4 is 27.0 Å². The quantitative estimate of drug-likeness (QED) is 0.646. The van der Waals surface area contributed by atoms with Crippen LogP contribution in [-0.2, 0) is 0 Å². The van der Waals surface area contributed by atoms with Crippen molar-refractivity contribution in [2.75, 3.05) is 0 Å². The Balaban J connectivity index is 2.10. The Labute approximate surface area is 99.9 Å². The van der Waals surface area contributed by atoms with Crippen LogP contribution in [0.5, 0.6) is 0 Å². The number of benzene rings is 1. The monoisotopic (exact) mass is 226 g/mol. The molecule has 80 valence electrons. The van der Waals surface area contributed by atoms with E-state index in [4.69, 9.17) is 0 Å². The van der Waals surface area contributed by atoms with Crippen molar-refractivity contribution in [1.29, 1.82) is 0 Å². The fourth-order valence-corrected chi connectivity index (χ4v) is 3.13. The van der Waals surface area contributed by atoms with Crippen molar-refractivity contribution < 1.29 is 0 Å². The van der Waals surface area contributed by atoms with Crippen LogP contribution in [0.25, 0.3) is 15.7 Å². The third-order valence-electron chi connectivity index (χ3n) is 2.97. The van der Waals surface area contributed by atoms with Crippen molar-refractivity contribution in [2.45, 2.75) is 19.8 Å². The Kier molecular flexibility index (Phi) is 2.41. The van der Waals surface area contributed by atoms with Gasteiger partial charge in [0.25, 0.3) is 0 Å². The first-order chi connectivity index (χ1) is 7.83. The molecule has 1 aromatic carbocycles. The highest BCUT2D eigenvalue weighted by atomic mass is 32.1. The maximum absolute atomic E-state index is 2.33. The topological polar surface area (TPSA) is 0 Å². The first kappa shape index (κ1) is 9.86. The molecular formula is C15H14S. The summed E-state index contributed by atoms with van der Waals surface area (Å²) in [6.07, 6.45) is 9.20. The minimum Gasteiger partial charge on any atom is -0.141 e. The zero-order valence-corrected chi connectivity index (χ0v) is 10.2. The van der Waals surface area contributed by atoms with Gasteiger partial charge in [0.2, 0.25) is 0 Å². The van der Waals surface area contributed by atoms with Crippen molar-refractivity contribution in [1.82, 2.24) is 0 Å². The van der Waals surface area contributed by atoms with Crippen molar-refractivity contribution in [3.63, 3.8) is 0 Å². The van der Waals surface area contributed by atoms with Gasteiger partial charge in [0.05, 0.1) is 0 Å². The van der Waals surface area contributed by atoms with Gasteiger partial charge in [-0.05, 0) is 48.4 Å². The van der Waals surface area contributed by atoms with Gasteiger partial charge in [0, 0.05) is 9.58 Å². The molecule has 0 amide bonds. The van der Waals surface area contributed by atoms with E-state index in [-0.39, 0.29) is 0 Å². The summed E-state index contributed by atoms with van der Waals surface area (Å²) in [6, 6.07) is 9.04. The highest BCUT2D eigenvalue weighted by molar-refractivity contribution is 7.19. The second-order valence-corrected chi connectivity index (χ2v) is 5.54. The molecule has 1 heterocycles. The van der Waals surface area contributed by atoms with Crippen molar-refractivity contribution in [3.05, 3.63) is 52.9 Å². The summed E-state index contributed by atoms with van der Waals surface area (Å²) in [5.41, 5.74) is 2.73. The number of fused-ring (bicyclic) bond motifs is 1. The summed E-state index contributed by atoms with van der Waals surface area (Å²) in [4.78, 5) is 1.39.